The molecule has 0 radical (unpaired) electrons. The smallest absolute Gasteiger partial charge is 0.308 e. The van der Waals surface area contributed by atoms with Crippen LogP contribution in [-0.4, -0.2) is 28.4 Å². The number of hydrogen-bond donors (Lipinski definition) is 1. The maximum atomic E-state index is 12.0. The Labute approximate surface area is 129 Å². The Hall–Kier alpha value is -2.62. The second kappa shape index (κ2) is 6.02. The standard InChI is InChI=1S/C18H17NO3/c20-17-10-15(18(21)22)12-19(17)11-14-8-4-5-9-16(14)13-6-2-1-3-7-13/h1-9,15H,10-12H2,(H,21,22)/t15-/m0/s1. The predicted octanol–water partition coefficient (Wildman–Crippen LogP) is 2.79. The van der Waals surface area contributed by atoms with Crippen molar-refractivity contribution in [2.24, 2.45) is 5.92 Å². The number of rotatable bonds is 4. The largest absolute Gasteiger partial charge is 0.481 e. The number of likely N-dealkylation sites (tertiary alicyclic amines) is 1. The number of carbonyl (C=O) groups excluding carboxylic acids is 1. The normalized spacial score (nSPS) is 17.7. The minimum atomic E-state index is -0.896. The van der Waals surface area contributed by atoms with E-state index in [1.165, 1.54) is 0 Å². The summed E-state index contributed by atoms with van der Waals surface area (Å²) in [6.07, 6.45) is 0.100. The molecule has 1 fully saturated rings. The van der Waals surface area contributed by atoms with E-state index in [9.17, 15) is 9.59 Å². The zero-order valence-electron chi connectivity index (χ0n) is 12.1. The zero-order valence-corrected chi connectivity index (χ0v) is 12.1. The van der Waals surface area contributed by atoms with Crippen molar-refractivity contribution in [2.45, 2.75) is 13.0 Å². The molecule has 0 saturated carbocycles. The Bertz CT molecular complexity index is 696. The van der Waals surface area contributed by atoms with E-state index >= 15 is 0 Å². The minimum Gasteiger partial charge on any atom is -0.481 e. The van der Waals surface area contributed by atoms with Crippen molar-refractivity contribution < 1.29 is 14.7 Å². The van der Waals surface area contributed by atoms with E-state index in [2.05, 4.69) is 0 Å². The van der Waals surface area contributed by atoms with Gasteiger partial charge in [0.15, 0.2) is 0 Å². The molecule has 0 spiro atoms. The lowest BCUT2D eigenvalue weighted by molar-refractivity contribution is -0.141. The second-order valence-electron chi connectivity index (χ2n) is 5.54. The topological polar surface area (TPSA) is 57.6 Å². The summed E-state index contributed by atoms with van der Waals surface area (Å²) in [5, 5.41) is 9.07. The molecule has 1 amide bonds. The lowest BCUT2D eigenvalue weighted by Crippen LogP contribution is -2.26. The Morgan fingerprint density at radius 1 is 1.09 bits per heavy atom. The van der Waals surface area contributed by atoms with Gasteiger partial charge in [0.25, 0.3) is 0 Å². The first-order chi connectivity index (χ1) is 10.6. The van der Waals surface area contributed by atoms with Crippen molar-refractivity contribution >= 4 is 11.9 Å². The first-order valence-electron chi connectivity index (χ1n) is 7.29. The van der Waals surface area contributed by atoms with E-state index in [0.29, 0.717) is 6.54 Å². The van der Waals surface area contributed by atoms with E-state index in [4.69, 9.17) is 5.11 Å². The van der Waals surface area contributed by atoms with Crippen molar-refractivity contribution in [3.8, 4) is 11.1 Å². The van der Waals surface area contributed by atoms with Crippen LogP contribution in [0, 0.1) is 5.92 Å². The highest BCUT2D eigenvalue weighted by molar-refractivity contribution is 5.86. The van der Waals surface area contributed by atoms with E-state index in [1.54, 1.807) is 4.90 Å². The summed E-state index contributed by atoms with van der Waals surface area (Å²) in [5.74, 6) is -1.57. The Morgan fingerprint density at radius 3 is 2.45 bits per heavy atom. The van der Waals surface area contributed by atoms with Gasteiger partial charge in [-0.2, -0.15) is 0 Å². The highest BCUT2D eigenvalue weighted by Crippen LogP contribution is 2.27. The number of benzene rings is 2. The van der Waals surface area contributed by atoms with Crippen molar-refractivity contribution in [1.82, 2.24) is 4.90 Å². The highest BCUT2D eigenvalue weighted by Gasteiger charge is 2.34. The fourth-order valence-electron chi connectivity index (χ4n) is 2.85. The summed E-state index contributed by atoms with van der Waals surface area (Å²) in [4.78, 5) is 24.7. The Balaban J connectivity index is 1.85. The Kier molecular flexibility index (Phi) is 3.92. The van der Waals surface area contributed by atoms with Gasteiger partial charge in [-0.1, -0.05) is 54.6 Å². The average molecular weight is 295 g/mol. The van der Waals surface area contributed by atoms with Crippen molar-refractivity contribution in [2.75, 3.05) is 6.54 Å². The summed E-state index contributed by atoms with van der Waals surface area (Å²) in [7, 11) is 0. The monoisotopic (exact) mass is 295 g/mol. The van der Waals surface area contributed by atoms with Gasteiger partial charge in [0.05, 0.1) is 5.92 Å². The summed E-state index contributed by atoms with van der Waals surface area (Å²) in [6.45, 7) is 0.741. The number of hydrogen-bond acceptors (Lipinski definition) is 2. The molecular formula is C18H17NO3. The fourth-order valence-corrected chi connectivity index (χ4v) is 2.85. The molecular weight excluding hydrogens is 278 g/mol. The summed E-state index contributed by atoms with van der Waals surface area (Å²) in [5.41, 5.74) is 3.21. The van der Waals surface area contributed by atoms with Crippen LogP contribution in [0.4, 0.5) is 0 Å². The molecule has 112 valence electrons. The average Bonchev–Trinajstić information content (AvgIpc) is 2.90. The fraction of sp³-hybridized carbons (Fsp3) is 0.222. The van der Waals surface area contributed by atoms with Gasteiger partial charge in [0.2, 0.25) is 5.91 Å². The number of carbonyl (C=O) groups is 2. The number of carboxylic acids is 1. The van der Waals surface area contributed by atoms with Gasteiger partial charge in [-0.3, -0.25) is 9.59 Å². The van der Waals surface area contributed by atoms with Crippen LogP contribution in [0.3, 0.4) is 0 Å². The first kappa shape index (κ1) is 14.3. The molecule has 1 saturated heterocycles. The number of aliphatic carboxylic acids is 1. The number of amides is 1. The molecule has 0 unspecified atom stereocenters. The molecule has 1 aliphatic rings. The van der Waals surface area contributed by atoms with Gasteiger partial charge in [-0.05, 0) is 16.7 Å². The second-order valence-corrected chi connectivity index (χ2v) is 5.54. The van der Waals surface area contributed by atoms with Crippen LogP contribution >= 0.6 is 0 Å². The van der Waals surface area contributed by atoms with Crippen LogP contribution in [0.25, 0.3) is 11.1 Å². The van der Waals surface area contributed by atoms with Gasteiger partial charge >= 0.3 is 5.97 Å². The Morgan fingerprint density at radius 2 is 1.77 bits per heavy atom. The molecule has 2 aromatic rings. The lowest BCUT2D eigenvalue weighted by Gasteiger charge is -2.18. The third kappa shape index (κ3) is 2.86. The minimum absolute atomic E-state index is 0.0877. The van der Waals surface area contributed by atoms with Crippen molar-refractivity contribution in [3.63, 3.8) is 0 Å². The van der Waals surface area contributed by atoms with Gasteiger partial charge in [0.1, 0.15) is 0 Å². The van der Waals surface area contributed by atoms with Gasteiger partial charge in [-0.15, -0.1) is 0 Å². The predicted molar refractivity (Wildman–Crippen MR) is 83.0 cm³/mol. The lowest BCUT2D eigenvalue weighted by atomic mass is 9.99. The molecule has 0 aromatic heterocycles. The van der Waals surface area contributed by atoms with E-state index in [0.717, 1.165) is 16.7 Å². The van der Waals surface area contributed by atoms with E-state index in [-0.39, 0.29) is 18.9 Å². The van der Waals surface area contributed by atoms with Gasteiger partial charge in [0, 0.05) is 19.5 Å². The molecule has 3 rings (SSSR count). The molecule has 4 heteroatoms. The quantitative estimate of drug-likeness (QED) is 0.943. The van der Waals surface area contributed by atoms with Crippen LogP contribution in [0.1, 0.15) is 12.0 Å². The summed E-state index contributed by atoms with van der Waals surface area (Å²) in [6, 6.07) is 17.9. The molecule has 1 N–H and O–H groups in total. The maximum Gasteiger partial charge on any atom is 0.308 e. The van der Waals surface area contributed by atoms with Crippen LogP contribution in [-0.2, 0) is 16.1 Å². The summed E-state index contributed by atoms with van der Waals surface area (Å²) >= 11 is 0. The SMILES string of the molecule is O=C(O)[C@H]1CC(=O)N(Cc2ccccc2-c2ccccc2)C1. The van der Waals surface area contributed by atoms with Crippen LogP contribution < -0.4 is 0 Å². The molecule has 0 aliphatic carbocycles. The molecule has 22 heavy (non-hydrogen) atoms. The van der Waals surface area contributed by atoms with Crippen LogP contribution in [0.15, 0.2) is 54.6 Å². The molecule has 0 bridgehead atoms. The molecule has 1 heterocycles. The zero-order chi connectivity index (χ0) is 15.5. The summed E-state index contributed by atoms with van der Waals surface area (Å²) < 4.78 is 0. The van der Waals surface area contributed by atoms with Crippen molar-refractivity contribution in [3.05, 3.63) is 60.2 Å². The molecule has 2 aromatic carbocycles. The molecule has 1 atom stereocenters. The number of carboxylic acid groups (broad SMARTS) is 1. The van der Waals surface area contributed by atoms with Crippen LogP contribution in [0.5, 0.6) is 0 Å². The van der Waals surface area contributed by atoms with E-state index in [1.807, 2.05) is 54.6 Å². The molecule has 4 nitrogen and oxygen atoms in total. The highest BCUT2D eigenvalue weighted by atomic mass is 16.4. The van der Waals surface area contributed by atoms with Crippen molar-refractivity contribution in [1.29, 1.82) is 0 Å². The third-order valence-corrected chi connectivity index (χ3v) is 4.03. The van der Waals surface area contributed by atoms with Crippen LogP contribution in [0.2, 0.25) is 0 Å². The first-order valence-corrected chi connectivity index (χ1v) is 7.29. The maximum absolute atomic E-state index is 12.0. The van der Waals surface area contributed by atoms with E-state index < -0.39 is 11.9 Å². The van der Waals surface area contributed by atoms with Gasteiger partial charge < -0.3 is 10.0 Å². The van der Waals surface area contributed by atoms with Gasteiger partial charge in [-0.25, -0.2) is 0 Å². The molecule has 1 aliphatic heterocycles. The third-order valence-electron chi connectivity index (χ3n) is 4.03. The number of nitrogens with zero attached hydrogens (tertiary/aromatic N) is 1.